The molecule has 3 rings (SSSR count). The fourth-order valence-electron chi connectivity index (χ4n) is 2.87. The Kier molecular flexibility index (Phi) is 5.30. The maximum Gasteiger partial charge on any atom is 0.229 e. The predicted molar refractivity (Wildman–Crippen MR) is 97.6 cm³/mol. The molecule has 24 heavy (non-hydrogen) atoms. The van der Waals surface area contributed by atoms with Crippen LogP contribution in [0.2, 0.25) is 0 Å². The van der Waals surface area contributed by atoms with Gasteiger partial charge >= 0.3 is 0 Å². The highest BCUT2D eigenvalue weighted by Crippen LogP contribution is 2.24. The second kappa shape index (κ2) is 7.62. The summed E-state index contributed by atoms with van der Waals surface area (Å²) in [6.45, 7) is 1.14. The van der Waals surface area contributed by atoms with Crippen LogP contribution < -0.4 is 5.32 Å². The van der Waals surface area contributed by atoms with Crippen LogP contribution in [-0.2, 0) is 16.0 Å². The van der Waals surface area contributed by atoms with Crippen LogP contribution in [0.15, 0.2) is 59.1 Å². The molecule has 5 heteroatoms. The summed E-state index contributed by atoms with van der Waals surface area (Å²) < 4.78 is 0.837. The number of carbonyl (C=O) groups is 2. The molecule has 2 aromatic carbocycles. The zero-order valence-corrected chi connectivity index (χ0v) is 14.8. The first-order valence-electron chi connectivity index (χ1n) is 8.00. The van der Waals surface area contributed by atoms with E-state index >= 15 is 0 Å². The summed E-state index contributed by atoms with van der Waals surface area (Å²) in [5, 5.41) is 2.90. The molecule has 0 aromatic heterocycles. The van der Waals surface area contributed by atoms with Gasteiger partial charge in [-0.05, 0) is 40.0 Å². The van der Waals surface area contributed by atoms with Gasteiger partial charge in [0.25, 0.3) is 0 Å². The highest BCUT2D eigenvalue weighted by Gasteiger charge is 2.34. The van der Waals surface area contributed by atoms with E-state index in [0.717, 1.165) is 16.6 Å². The van der Waals surface area contributed by atoms with Crippen LogP contribution in [0, 0.1) is 5.92 Å². The Balaban J connectivity index is 1.56. The maximum absolute atomic E-state index is 12.4. The van der Waals surface area contributed by atoms with Gasteiger partial charge in [0.2, 0.25) is 11.8 Å². The lowest BCUT2D eigenvalue weighted by Crippen LogP contribution is -2.30. The molecule has 0 unspecified atom stereocenters. The first-order chi connectivity index (χ1) is 11.6. The quantitative estimate of drug-likeness (QED) is 0.854. The second-order valence-electron chi connectivity index (χ2n) is 5.95. The van der Waals surface area contributed by atoms with Gasteiger partial charge in [0, 0.05) is 24.0 Å². The van der Waals surface area contributed by atoms with E-state index in [1.807, 2.05) is 42.5 Å². The van der Waals surface area contributed by atoms with Crippen molar-refractivity contribution in [3.63, 3.8) is 0 Å². The summed E-state index contributed by atoms with van der Waals surface area (Å²) in [4.78, 5) is 26.4. The van der Waals surface area contributed by atoms with Crippen molar-refractivity contribution in [1.82, 2.24) is 4.90 Å². The molecule has 1 aliphatic rings. The average Bonchev–Trinajstić information content (AvgIpc) is 2.97. The van der Waals surface area contributed by atoms with Crippen LogP contribution in [0.1, 0.15) is 12.0 Å². The first-order valence-corrected chi connectivity index (χ1v) is 8.80. The zero-order valence-electron chi connectivity index (χ0n) is 13.2. The molecule has 0 saturated carbocycles. The van der Waals surface area contributed by atoms with Crippen LogP contribution >= 0.6 is 15.9 Å². The molecular formula is C19H19BrN2O2. The Hall–Kier alpha value is -2.14. The molecule has 1 aliphatic heterocycles. The summed E-state index contributed by atoms with van der Waals surface area (Å²) in [6, 6.07) is 17.6. The summed E-state index contributed by atoms with van der Waals surface area (Å²) in [5.74, 6) is -0.337. The molecule has 0 bridgehead atoms. The highest BCUT2D eigenvalue weighted by molar-refractivity contribution is 9.10. The molecule has 1 heterocycles. The van der Waals surface area contributed by atoms with Crippen LogP contribution in [-0.4, -0.2) is 29.8 Å². The Labute approximate surface area is 150 Å². The largest absolute Gasteiger partial charge is 0.342 e. The highest BCUT2D eigenvalue weighted by atomic mass is 79.9. The van der Waals surface area contributed by atoms with Crippen molar-refractivity contribution in [1.29, 1.82) is 0 Å². The fraction of sp³-hybridized carbons (Fsp3) is 0.263. The van der Waals surface area contributed by atoms with E-state index in [-0.39, 0.29) is 24.2 Å². The lowest BCUT2D eigenvalue weighted by Gasteiger charge is -2.16. The Morgan fingerprint density at radius 2 is 1.83 bits per heavy atom. The molecule has 1 saturated heterocycles. The van der Waals surface area contributed by atoms with E-state index in [4.69, 9.17) is 0 Å². The van der Waals surface area contributed by atoms with Crippen molar-refractivity contribution >= 4 is 33.4 Å². The number of rotatable bonds is 5. The number of para-hydroxylation sites is 1. The van der Waals surface area contributed by atoms with Crippen LogP contribution in [0.25, 0.3) is 0 Å². The zero-order chi connectivity index (χ0) is 16.9. The molecular weight excluding hydrogens is 368 g/mol. The van der Waals surface area contributed by atoms with Gasteiger partial charge in [-0.15, -0.1) is 0 Å². The van der Waals surface area contributed by atoms with Crippen molar-refractivity contribution in [2.24, 2.45) is 5.92 Å². The van der Waals surface area contributed by atoms with E-state index in [1.165, 1.54) is 5.56 Å². The van der Waals surface area contributed by atoms with E-state index < -0.39 is 0 Å². The van der Waals surface area contributed by atoms with Crippen molar-refractivity contribution in [2.75, 3.05) is 18.4 Å². The van der Waals surface area contributed by atoms with Gasteiger partial charge in [0.1, 0.15) is 0 Å². The molecule has 2 aromatic rings. The molecule has 1 N–H and O–H groups in total. The van der Waals surface area contributed by atoms with Gasteiger partial charge in [-0.1, -0.05) is 42.5 Å². The van der Waals surface area contributed by atoms with Gasteiger partial charge in [0.15, 0.2) is 0 Å². The summed E-state index contributed by atoms with van der Waals surface area (Å²) in [6.07, 6.45) is 1.09. The molecule has 0 aliphatic carbocycles. The maximum atomic E-state index is 12.4. The van der Waals surface area contributed by atoms with Crippen molar-refractivity contribution in [3.05, 3.63) is 64.6 Å². The first kappa shape index (κ1) is 16.7. The lowest BCUT2D eigenvalue weighted by atomic mass is 10.1. The minimum absolute atomic E-state index is 0.0539. The number of nitrogens with zero attached hydrogens (tertiary/aromatic N) is 1. The Morgan fingerprint density at radius 1 is 1.12 bits per heavy atom. The minimum atomic E-state index is -0.291. The number of hydrogen-bond acceptors (Lipinski definition) is 2. The summed E-state index contributed by atoms with van der Waals surface area (Å²) in [7, 11) is 0. The molecule has 0 spiro atoms. The number of benzene rings is 2. The second-order valence-corrected chi connectivity index (χ2v) is 6.80. The predicted octanol–water partition coefficient (Wildman–Crippen LogP) is 3.48. The smallest absolute Gasteiger partial charge is 0.229 e. The standard InChI is InChI=1S/C19H19BrN2O2/c20-16-8-4-5-9-17(16)21-19(24)15-12-18(23)22(13-15)11-10-14-6-2-1-3-7-14/h1-9,15H,10-13H2,(H,21,24)/t15-/m0/s1. The normalized spacial score (nSPS) is 17.1. The van der Waals surface area contributed by atoms with Gasteiger partial charge in [-0.25, -0.2) is 0 Å². The molecule has 1 fully saturated rings. The van der Waals surface area contributed by atoms with E-state index in [0.29, 0.717) is 13.1 Å². The van der Waals surface area contributed by atoms with Gasteiger partial charge < -0.3 is 10.2 Å². The average molecular weight is 387 g/mol. The van der Waals surface area contributed by atoms with E-state index in [2.05, 4.69) is 33.4 Å². The molecule has 0 radical (unpaired) electrons. The SMILES string of the molecule is O=C(Nc1ccccc1Br)[C@H]1CC(=O)N(CCc2ccccc2)C1. The fourth-order valence-corrected chi connectivity index (χ4v) is 3.25. The van der Waals surface area contributed by atoms with Crippen LogP contribution in [0.5, 0.6) is 0 Å². The summed E-state index contributed by atoms with van der Waals surface area (Å²) in [5.41, 5.74) is 1.93. The van der Waals surface area contributed by atoms with Crippen molar-refractivity contribution < 1.29 is 9.59 Å². The number of carbonyl (C=O) groups excluding carboxylic acids is 2. The van der Waals surface area contributed by atoms with Crippen molar-refractivity contribution in [3.8, 4) is 0 Å². The topological polar surface area (TPSA) is 49.4 Å². The van der Waals surface area contributed by atoms with E-state index in [9.17, 15) is 9.59 Å². The third-order valence-electron chi connectivity index (χ3n) is 4.23. The number of amides is 2. The van der Waals surface area contributed by atoms with E-state index in [1.54, 1.807) is 4.90 Å². The Bertz CT molecular complexity index is 733. The number of nitrogens with one attached hydrogen (secondary N) is 1. The number of hydrogen-bond donors (Lipinski definition) is 1. The Morgan fingerprint density at radius 3 is 2.58 bits per heavy atom. The number of anilines is 1. The third-order valence-corrected chi connectivity index (χ3v) is 4.92. The molecule has 4 nitrogen and oxygen atoms in total. The van der Waals surface area contributed by atoms with Gasteiger partial charge in [0.05, 0.1) is 11.6 Å². The van der Waals surface area contributed by atoms with Crippen LogP contribution in [0.4, 0.5) is 5.69 Å². The van der Waals surface area contributed by atoms with Gasteiger partial charge in [-0.2, -0.15) is 0 Å². The number of likely N-dealkylation sites (tertiary alicyclic amines) is 1. The third kappa shape index (κ3) is 4.03. The monoisotopic (exact) mass is 386 g/mol. The molecule has 1 atom stereocenters. The molecule has 2 amide bonds. The summed E-state index contributed by atoms with van der Waals surface area (Å²) >= 11 is 3.42. The minimum Gasteiger partial charge on any atom is -0.342 e. The van der Waals surface area contributed by atoms with Crippen molar-refractivity contribution in [2.45, 2.75) is 12.8 Å². The number of halogens is 1. The van der Waals surface area contributed by atoms with Gasteiger partial charge in [-0.3, -0.25) is 9.59 Å². The van der Waals surface area contributed by atoms with Crippen LogP contribution in [0.3, 0.4) is 0 Å². The lowest BCUT2D eigenvalue weighted by molar-refractivity contribution is -0.128. The molecule has 124 valence electrons.